The Labute approximate surface area is 401 Å². The number of hydrogen-bond acceptors (Lipinski definition) is 13. The van der Waals surface area contributed by atoms with Gasteiger partial charge in [0.1, 0.15) is 66.1 Å². The summed E-state index contributed by atoms with van der Waals surface area (Å²) >= 11 is 0. The number of nitrogens with one attached hydrogen (secondary N) is 6. The van der Waals surface area contributed by atoms with Crippen LogP contribution in [0.15, 0.2) is 66.4 Å². The Morgan fingerprint density at radius 1 is 0.841 bits per heavy atom. The summed E-state index contributed by atoms with van der Waals surface area (Å²) < 4.78 is 5.79. The highest BCUT2D eigenvalue weighted by atomic mass is 16.5. The fraction of sp³-hybridized carbons (Fsp3) is 0.521. The third-order valence-corrected chi connectivity index (χ3v) is 11.9. The van der Waals surface area contributed by atoms with Gasteiger partial charge in [0.25, 0.3) is 11.8 Å². The van der Waals surface area contributed by atoms with Gasteiger partial charge in [-0.3, -0.25) is 38.4 Å². The van der Waals surface area contributed by atoms with Crippen molar-refractivity contribution in [3.8, 4) is 5.75 Å². The maximum absolute atomic E-state index is 14.9. The molecule has 0 spiro atoms. The molecule has 2 aromatic rings. The highest BCUT2D eigenvalue weighted by Gasteiger charge is 2.45. The molecule has 0 saturated carbocycles. The number of carbonyl (C=O) groups is 9. The molecule has 69 heavy (non-hydrogen) atoms. The number of likely N-dealkylation sites (N-methyl/N-ethyl adjacent to an activating group) is 1. The van der Waals surface area contributed by atoms with Gasteiger partial charge in [0, 0.05) is 26.3 Å². The molecule has 21 nitrogen and oxygen atoms in total. The summed E-state index contributed by atoms with van der Waals surface area (Å²) in [4.78, 5) is 128. The first kappa shape index (κ1) is 54.7. The number of phenols is 1. The van der Waals surface area contributed by atoms with E-state index in [1.807, 2.05) is 0 Å². The number of phenolic OH excluding ortho intramolecular Hbond substituents is 1. The van der Waals surface area contributed by atoms with E-state index in [2.05, 4.69) is 31.9 Å². The average molecular weight is 963 g/mol. The minimum absolute atomic E-state index is 0.0645. The van der Waals surface area contributed by atoms with Gasteiger partial charge >= 0.3 is 5.97 Å². The number of aliphatic hydroxyl groups is 2. The zero-order valence-corrected chi connectivity index (χ0v) is 40.2. The molecule has 2 saturated heterocycles. The molecule has 376 valence electrons. The molecule has 0 radical (unpaired) electrons. The molecule has 2 aliphatic rings. The molecule has 2 heterocycles. The number of benzene rings is 2. The minimum atomic E-state index is -1.86. The highest BCUT2D eigenvalue weighted by molar-refractivity contribution is 6.03. The summed E-state index contributed by atoms with van der Waals surface area (Å²) in [6.07, 6.45) is -3.32. The number of cyclic esters (lactones) is 1. The summed E-state index contributed by atoms with van der Waals surface area (Å²) in [5.74, 6) is -8.80. The van der Waals surface area contributed by atoms with Crippen LogP contribution in [0.5, 0.6) is 5.75 Å². The lowest BCUT2D eigenvalue weighted by Gasteiger charge is -2.43. The number of aromatic hydroxyl groups is 1. The zero-order valence-electron chi connectivity index (χ0n) is 40.2. The van der Waals surface area contributed by atoms with Gasteiger partial charge in [-0.2, -0.15) is 0 Å². The van der Waals surface area contributed by atoms with E-state index in [4.69, 9.17) is 4.74 Å². The van der Waals surface area contributed by atoms with Crippen LogP contribution in [0.25, 0.3) is 0 Å². The van der Waals surface area contributed by atoms with Crippen LogP contribution in [0.4, 0.5) is 0 Å². The van der Waals surface area contributed by atoms with E-state index in [1.165, 1.54) is 65.1 Å². The van der Waals surface area contributed by atoms with Gasteiger partial charge in [-0.15, -0.1) is 0 Å². The lowest BCUT2D eigenvalue weighted by molar-refractivity contribution is -0.165. The number of hydrogen-bond donors (Lipinski definition) is 9. The van der Waals surface area contributed by atoms with Crippen LogP contribution < -0.4 is 31.9 Å². The number of nitrogens with zero attached hydrogens (tertiary/aromatic N) is 2. The number of allylic oxidation sites excluding steroid dienone is 1. The summed E-state index contributed by atoms with van der Waals surface area (Å²) in [7, 11) is 1.34. The normalized spacial score (nSPS) is 25.1. The number of amides is 8. The third kappa shape index (κ3) is 14.6. The maximum Gasteiger partial charge on any atom is 0.329 e. The Kier molecular flexibility index (Phi) is 19.8. The third-order valence-electron chi connectivity index (χ3n) is 11.9. The number of ether oxygens (including phenoxy) is 1. The SMILES string of the molecule is C/C=C1\NC(=O)[C@@H](NC(=O)[C@@H](NC(=O)[C@H](C)NC(=O)CCC)[C@@H](C)O)[C@@H](C)OC(=O)[C@H](C(C)C)NC(=O)[C@H](Cc2ccc(O)cc2)N(C)C(=O)[C@H](Cc2ccccc2)N2C(=O)[C@H](CC[C@H]2O)NC1=O. The summed E-state index contributed by atoms with van der Waals surface area (Å²) in [6, 6.07) is 4.14. The van der Waals surface area contributed by atoms with Crippen LogP contribution in [0.1, 0.15) is 85.3 Å². The van der Waals surface area contributed by atoms with Gasteiger partial charge in [-0.25, -0.2) is 4.79 Å². The predicted octanol–water partition coefficient (Wildman–Crippen LogP) is -0.440. The second kappa shape index (κ2) is 24.9. The first-order chi connectivity index (χ1) is 32.6. The van der Waals surface area contributed by atoms with Crippen molar-refractivity contribution < 1.29 is 63.2 Å². The monoisotopic (exact) mass is 962 g/mol. The molecule has 8 amide bonds. The number of rotatable bonds is 13. The van der Waals surface area contributed by atoms with Crippen molar-refractivity contribution >= 4 is 53.2 Å². The van der Waals surface area contributed by atoms with E-state index in [-0.39, 0.29) is 37.9 Å². The summed E-state index contributed by atoms with van der Waals surface area (Å²) in [6.45, 7) is 10.2. The Bertz CT molecular complexity index is 2220. The van der Waals surface area contributed by atoms with Crippen molar-refractivity contribution in [1.29, 1.82) is 0 Å². The van der Waals surface area contributed by atoms with Crippen LogP contribution in [0, 0.1) is 5.92 Å². The molecule has 2 aliphatic heterocycles. The van der Waals surface area contributed by atoms with E-state index in [9.17, 15) is 58.5 Å². The highest BCUT2D eigenvalue weighted by Crippen LogP contribution is 2.25. The second-order valence-electron chi connectivity index (χ2n) is 17.7. The zero-order chi connectivity index (χ0) is 51.3. The molecule has 2 aromatic carbocycles. The number of fused-ring (bicyclic) bond motifs is 2. The second-order valence-corrected chi connectivity index (χ2v) is 17.7. The van der Waals surface area contributed by atoms with E-state index >= 15 is 0 Å². The Morgan fingerprint density at radius 3 is 2.06 bits per heavy atom. The quantitative estimate of drug-likeness (QED) is 0.0910. The summed E-state index contributed by atoms with van der Waals surface area (Å²) in [5.41, 5.74) is 0.670. The van der Waals surface area contributed by atoms with Gasteiger partial charge in [0.15, 0.2) is 0 Å². The van der Waals surface area contributed by atoms with Crippen molar-refractivity contribution in [1.82, 2.24) is 41.7 Å². The lowest BCUT2D eigenvalue weighted by atomic mass is 9.95. The molecule has 4 rings (SSSR count). The lowest BCUT2D eigenvalue weighted by Crippen LogP contribution is -2.64. The Balaban J connectivity index is 1.82. The molecule has 9 N–H and O–H groups in total. The fourth-order valence-corrected chi connectivity index (χ4v) is 7.90. The minimum Gasteiger partial charge on any atom is -0.508 e. The van der Waals surface area contributed by atoms with Gasteiger partial charge < -0.3 is 61.8 Å². The molecule has 2 bridgehead atoms. The topological polar surface area (TPSA) is 302 Å². The average Bonchev–Trinajstić information content (AvgIpc) is 3.30. The Hall–Kier alpha value is -6.87. The fourth-order valence-electron chi connectivity index (χ4n) is 7.90. The van der Waals surface area contributed by atoms with Gasteiger partial charge in [-0.1, -0.05) is 69.3 Å². The van der Waals surface area contributed by atoms with Crippen molar-refractivity contribution in [3.05, 3.63) is 77.5 Å². The van der Waals surface area contributed by atoms with Crippen LogP contribution in [-0.4, -0.2) is 146 Å². The molecule has 0 unspecified atom stereocenters. The van der Waals surface area contributed by atoms with Crippen LogP contribution in [0.3, 0.4) is 0 Å². The van der Waals surface area contributed by atoms with Gasteiger partial charge in [0.05, 0.1) is 6.10 Å². The standard InChI is InChI=1S/C48H66N8O13/c1-9-14-36(59)49-26(5)41(61)53-39(27(6)57)44(64)54-40-28(7)69-48(68)38(25(3)4)52-43(63)34(23-30-17-19-31(58)20-18-30)55(8)47(67)35(24-29-15-12-11-13-16-29)56-37(60)22-21-33(46(56)66)51-42(62)32(10-2)50-45(40)65/h10-13,15-20,25-28,33-35,37-40,57-58,60H,9,14,21-24H2,1-8H3,(H,49,59)(H,50,65)(H,51,62)(H,52,63)(H,53,61)(H,54,64)/b32-10-/t26-,27+,28+,33-,34-,35-,37+,38-,39-,40-/m0/s1. The molecule has 21 heteroatoms. The van der Waals surface area contributed by atoms with E-state index in [0.717, 1.165) is 9.80 Å². The smallest absolute Gasteiger partial charge is 0.329 e. The van der Waals surface area contributed by atoms with Crippen LogP contribution in [0.2, 0.25) is 0 Å². The number of esters is 1. The van der Waals surface area contributed by atoms with Crippen LogP contribution in [-0.2, 0) is 60.7 Å². The van der Waals surface area contributed by atoms with E-state index in [0.29, 0.717) is 17.5 Å². The van der Waals surface area contributed by atoms with Gasteiger partial charge in [-0.05, 0) is 76.1 Å². The van der Waals surface area contributed by atoms with Crippen molar-refractivity contribution in [3.63, 3.8) is 0 Å². The largest absolute Gasteiger partial charge is 0.508 e. The molecular weight excluding hydrogens is 897 g/mol. The summed E-state index contributed by atoms with van der Waals surface area (Å²) in [5, 5.41) is 47.1. The van der Waals surface area contributed by atoms with E-state index in [1.54, 1.807) is 51.1 Å². The molecule has 2 fully saturated rings. The van der Waals surface area contributed by atoms with Gasteiger partial charge in [0.2, 0.25) is 35.4 Å². The van der Waals surface area contributed by atoms with Crippen molar-refractivity contribution in [2.75, 3.05) is 7.05 Å². The Morgan fingerprint density at radius 2 is 1.46 bits per heavy atom. The number of piperidine rings is 1. The first-order valence-electron chi connectivity index (χ1n) is 23.0. The van der Waals surface area contributed by atoms with Crippen molar-refractivity contribution in [2.45, 2.75) is 148 Å². The predicted molar refractivity (Wildman–Crippen MR) is 249 cm³/mol. The number of aliphatic hydroxyl groups excluding tert-OH is 2. The maximum atomic E-state index is 14.9. The van der Waals surface area contributed by atoms with E-state index < -0.39 is 126 Å². The molecular formula is C48H66N8O13. The molecule has 0 aliphatic carbocycles. The molecule has 0 aromatic heterocycles. The number of carbonyl (C=O) groups excluding carboxylic acids is 9. The van der Waals surface area contributed by atoms with Crippen LogP contribution >= 0.6 is 0 Å². The first-order valence-corrected chi connectivity index (χ1v) is 23.0. The van der Waals surface area contributed by atoms with Crippen molar-refractivity contribution in [2.24, 2.45) is 5.92 Å². The molecule has 10 atom stereocenters.